The van der Waals surface area contributed by atoms with Gasteiger partial charge >= 0.3 is 143 Å². The topological polar surface area (TPSA) is 0 Å². The Hall–Kier alpha value is -0.625. The van der Waals surface area contributed by atoms with E-state index in [0.29, 0.717) is 0 Å². The van der Waals surface area contributed by atoms with Crippen LogP contribution in [0.5, 0.6) is 0 Å². The first-order valence-corrected chi connectivity index (χ1v) is 13.4. The molecule has 0 bridgehead atoms. The van der Waals surface area contributed by atoms with E-state index in [9.17, 15) is 0 Å². The molecule has 0 aliphatic carbocycles. The van der Waals surface area contributed by atoms with Crippen LogP contribution in [0, 0.1) is 55.4 Å². The van der Waals surface area contributed by atoms with Gasteiger partial charge in [0, 0.05) is 0 Å². The zero-order valence-corrected chi connectivity index (χ0v) is 20.4. The van der Waals surface area contributed by atoms with Crippen molar-refractivity contribution in [1.82, 2.24) is 0 Å². The molecule has 0 nitrogen and oxygen atoms in total. The minimum absolute atomic E-state index is 1.33. The van der Waals surface area contributed by atoms with E-state index < -0.39 is 24.6 Å². The molecular formula is C20H26Hg. The normalized spacial score (nSPS) is 10.7. The van der Waals surface area contributed by atoms with Gasteiger partial charge in [0.15, 0.2) is 0 Å². The van der Waals surface area contributed by atoms with Gasteiger partial charge in [-0.25, -0.2) is 0 Å². The summed E-state index contributed by atoms with van der Waals surface area (Å²) in [6.45, 7) is 18.4. The van der Waals surface area contributed by atoms with E-state index in [1.54, 1.807) is 28.4 Å². The molecule has 21 heavy (non-hydrogen) atoms. The molecule has 0 N–H and O–H groups in total. The SMILES string of the molecule is Cc1cc(C)c(C)[c]([Hg][c]2c(C)c(C)cc(C)c2C)c1C. The van der Waals surface area contributed by atoms with Gasteiger partial charge in [-0.2, -0.15) is 0 Å². The van der Waals surface area contributed by atoms with E-state index in [-0.39, 0.29) is 0 Å². The average Bonchev–Trinajstić information content (AvgIpc) is 2.42. The summed E-state index contributed by atoms with van der Waals surface area (Å²) < 4.78 is 3.48. The molecule has 108 valence electrons. The zero-order valence-electron chi connectivity index (χ0n) is 14.9. The Morgan fingerprint density at radius 3 is 0.952 bits per heavy atom. The molecule has 0 unspecified atom stereocenters. The van der Waals surface area contributed by atoms with Crippen LogP contribution in [0.15, 0.2) is 12.1 Å². The summed E-state index contributed by atoms with van der Waals surface area (Å²) in [5.41, 5.74) is 12.1. The molecule has 2 aromatic rings. The van der Waals surface area contributed by atoms with Crippen LogP contribution in [0.3, 0.4) is 0 Å². The molecule has 0 spiro atoms. The van der Waals surface area contributed by atoms with Gasteiger partial charge in [0.1, 0.15) is 0 Å². The third-order valence-electron chi connectivity index (χ3n) is 5.40. The van der Waals surface area contributed by atoms with Crippen LogP contribution < -0.4 is 6.14 Å². The quantitative estimate of drug-likeness (QED) is 0.582. The van der Waals surface area contributed by atoms with Crippen molar-refractivity contribution in [2.45, 2.75) is 55.4 Å². The van der Waals surface area contributed by atoms with E-state index in [0.717, 1.165) is 0 Å². The molecule has 0 fully saturated rings. The van der Waals surface area contributed by atoms with Crippen molar-refractivity contribution in [2.75, 3.05) is 0 Å². The third kappa shape index (κ3) is 3.11. The second kappa shape index (κ2) is 6.24. The fraction of sp³-hybridized carbons (Fsp3) is 0.400. The summed E-state index contributed by atoms with van der Waals surface area (Å²) in [5.74, 6) is 0. The van der Waals surface area contributed by atoms with E-state index >= 15 is 0 Å². The summed E-state index contributed by atoms with van der Waals surface area (Å²) in [4.78, 5) is 0. The number of hydrogen-bond acceptors (Lipinski definition) is 0. The second-order valence-corrected chi connectivity index (χ2v) is 13.5. The van der Waals surface area contributed by atoms with Crippen molar-refractivity contribution in [3.63, 3.8) is 0 Å². The summed E-state index contributed by atoms with van der Waals surface area (Å²) >= 11 is -1.33. The summed E-state index contributed by atoms with van der Waals surface area (Å²) in [6, 6.07) is 4.70. The molecule has 1 heteroatoms. The van der Waals surface area contributed by atoms with Crippen LogP contribution in [0.2, 0.25) is 0 Å². The van der Waals surface area contributed by atoms with Gasteiger partial charge in [-0.15, -0.1) is 0 Å². The van der Waals surface area contributed by atoms with Crippen LogP contribution in [0.25, 0.3) is 0 Å². The summed E-state index contributed by atoms with van der Waals surface area (Å²) in [6.07, 6.45) is 0. The van der Waals surface area contributed by atoms with Gasteiger partial charge < -0.3 is 0 Å². The molecule has 0 amide bonds. The molecule has 2 aromatic carbocycles. The number of hydrogen-bond donors (Lipinski definition) is 0. The summed E-state index contributed by atoms with van der Waals surface area (Å²) in [7, 11) is 0. The maximum absolute atomic E-state index is 2.35. The molecule has 0 radical (unpaired) electrons. The first kappa shape index (κ1) is 16.7. The Morgan fingerprint density at radius 2 is 0.714 bits per heavy atom. The Labute approximate surface area is 142 Å². The monoisotopic (exact) mass is 468 g/mol. The first-order valence-electron chi connectivity index (χ1n) is 7.86. The fourth-order valence-corrected chi connectivity index (χ4v) is 13.1. The predicted octanol–water partition coefficient (Wildman–Crippen LogP) is 4.19. The molecule has 0 saturated carbocycles. The van der Waals surface area contributed by atoms with Crippen LogP contribution >= 0.6 is 0 Å². The molecule has 0 aliphatic rings. The van der Waals surface area contributed by atoms with Gasteiger partial charge in [0.25, 0.3) is 0 Å². The van der Waals surface area contributed by atoms with Crippen molar-refractivity contribution in [2.24, 2.45) is 0 Å². The fourth-order valence-electron chi connectivity index (χ4n) is 3.30. The minimum atomic E-state index is -1.33. The van der Waals surface area contributed by atoms with Crippen molar-refractivity contribution in [3.05, 3.63) is 56.6 Å². The molecule has 0 heterocycles. The van der Waals surface area contributed by atoms with Crippen molar-refractivity contribution >= 4 is 6.14 Å². The van der Waals surface area contributed by atoms with Gasteiger partial charge in [-0.05, 0) is 0 Å². The predicted molar refractivity (Wildman–Crippen MR) is 90.0 cm³/mol. The van der Waals surface area contributed by atoms with Crippen LogP contribution in [-0.4, -0.2) is 0 Å². The zero-order chi connectivity index (χ0) is 15.9. The molecular weight excluding hydrogens is 441 g/mol. The first-order chi connectivity index (χ1) is 9.73. The third-order valence-corrected chi connectivity index (χ3v) is 16.4. The van der Waals surface area contributed by atoms with E-state index in [2.05, 4.69) is 67.5 Å². The second-order valence-electron chi connectivity index (χ2n) is 6.65. The number of benzene rings is 2. The molecule has 0 atom stereocenters. The van der Waals surface area contributed by atoms with E-state index in [1.165, 1.54) is 22.3 Å². The van der Waals surface area contributed by atoms with Gasteiger partial charge in [0.2, 0.25) is 0 Å². The van der Waals surface area contributed by atoms with E-state index in [1.807, 2.05) is 0 Å². The Kier molecular flexibility index (Phi) is 4.98. The number of aryl methyl sites for hydroxylation is 4. The Balaban J connectivity index is 2.64. The average molecular weight is 467 g/mol. The van der Waals surface area contributed by atoms with Crippen LogP contribution in [-0.2, 0) is 24.6 Å². The van der Waals surface area contributed by atoms with Crippen molar-refractivity contribution in [3.8, 4) is 0 Å². The van der Waals surface area contributed by atoms with E-state index in [4.69, 9.17) is 0 Å². The molecule has 0 saturated heterocycles. The van der Waals surface area contributed by atoms with Gasteiger partial charge in [-0.3, -0.25) is 0 Å². The molecule has 0 aliphatic heterocycles. The summed E-state index contributed by atoms with van der Waals surface area (Å²) in [5, 5.41) is 0. The van der Waals surface area contributed by atoms with Crippen LogP contribution in [0.4, 0.5) is 0 Å². The Bertz CT molecular complexity index is 595. The molecule has 2 rings (SSSR count). The van der Waals surface area contributed by atoms with Crippen molar-refractivity contribution in [1.29, 1.82) is 0 Å². The van der Waals surface area contributed by atoms with Gasteiger partial charge in [0.05, 0.1) is 0 Å². The molecule has 0 aromatic heterocycles. The standard InChI is InChI=1S/2C10H13.Hg/c2*1-7-5-9(3)10(4)6-8(7)2;/h2*5H,1-4H3;. The maximum atomic E-state index is 2.35. The number of rotatable bonds is 2. The van der Waals surface area contributed by atoms with Crippen molar-refractivity contribution < 1.29 is 24.6 Å². The van der Waals surface area contributed by atoms with Crippen LogP contribution in [0.1, 0.15) is 44.5 Å². The Morgan fingerprint density at radius 1 is 0.476 bits per heavy atom. The van der Waals surface area contributed by atoms with Gasteiger partial charge in [-0.1, -0.05) is 0 Å².